The Morgan fingerprint density at radius 3 is 2.44 bits per heavy atom. The topological polar surface area (TPSA) is 23.9 Å². The molecule has 0 aromatic carbocycles. The second kappa shape index (κ2) is 4.30. The van der Waals surface area contributed by atoms with Gasteiger partial charge in [0, 0.05) is 5.71 Å². The molecule has 0 unspecified atom stereocenters. The van der Waals surface area contributed by atoms with Crippen LogP contribution in [0, 0.1) is 11.3 Å². The highest BCUT2D eigenvalue weighted by Gasteiger charge is 1.94. The SMILES string of the molecule is CC/C=C\C(=N)C(C)C. The van der Waals surface area contributed by atoms with E-state index in [2.05, 4.69) is 6.92 Å². The summed E-state index contributed by atoms with van der Waals surface area (Å²) in [6.45, 7) is 6.13. The first-order valence-electron chi connectivity index (χ1n) is 3.43. The predicted octanol–water partition coefficient (Wildman–Crippen LogP) is 2.63. The highest BCUT2D eigenvalue weighted by molar-refractivity contribution is 5.93. The Kier molecular flexibility index (Phi) is 4.02. The molecule has 0 saturated carbocycles. The number of nitrogens with one attached hydrogen (secondary N) is 1. The molecule has 52 valence electrons. The summed E-state index contributed by atoms with van der Waals surface area (Å²) in [7, 11) is 0. The lowest BCUT2D eigenvalue weighted by atomic mass is 10.1. The minimum Gasteiger partial charge on any atom is -0.305 e. The number of rotatable bonds is 3. The first-order valence-corrected chi connectivity index (χ1v) is 3.43. The Balaban J connectivity index is 3.63. The minimum atomic E-state index is 0.368. The van der Waals surface area contributed by atoms with Crippen LogP contribution in [-0.2, 0) is 0 Å². The molecule has 1 nitrogen and oxygen atoms in total. The minimum absolute atomic E-state index is 0.368. The first-order chi connectivity index (χ1) is 4.18. The Labute approximate surface area is 57.3 Å². The zero-order chi connectivity index (χ0) is 7.28. The fraction of sp³-hybridized carbons (Fsp3) is 0.625. The van der Waals surface area contributed by atoms with E-state index in [0.717, 1.165) is 12.1 Å². The molecule has 0 aromatic rings. The molecule has 1 heteroatoms. The van der Waals surface area contributed by atoms with E-state index in [1.165, 1.54) is 0 Å². The predicted molar refractivity (Wildman–Crippen MR) is 42.0 cm³/mol. The molecule has 9 heavy (non-hydrogen) atoms. The molecule has 0 heterocycles. The van der Waals surface area contributed by atoms with Crippen LogP contribution in [0.4, 0.5) is 0 Å². The average molecular weight is 125 g/mol. The summed E-state index contributed by atoms with van der Waals surface area (Å²) < 4.78 is 0. The average Bonchev–Trinajstić information content (AvgIpc) is 1.82. The van der Waals surface area contributed by atoms with Gasteiger partial charge in [0.1, 0.15) is 0 Å². The molecule has 0 aliphatic heterocycles. The molecule has 0 saturated heterocycles. The molecular weight excluding hydrogens is 110 g/mol. The molecule has 1 N–H and O–H groups in total. The zero-order valence-corrected chi connectivity index (χ0v) is 6.44. The van der Waals surface area contributed by atoms with Gasteiger partial charge in [0.05, 0.1) is 0 Å². The van der Waals surface area contributed by atoms with Gasteiger partial charge in [-0.05, 0) is 18.4 Å². The Hall–Kier alpha value is -0.590. The number of hydrogen-bond donors (Lipinski definition) is 1. The smallest absolute Gasteiger partial charge is 0.0336 e. The van der Waals surface area contributed by atoms with Crippen LogP contribution in [0.1, 0.15) is 27.2 Å². The van der Waals surface area contributed by atoms with Crippen molar-refractivity contribution < 1.29 is 0 Å². The molecule has 0 rings (SSSR count). The standard InChI is InChI=1S/C8H15N/c1-4-5-6-8(9)7(2)3/h5-7,9H,4H2,1-3H3/b6-5-,9-8?. The second-order valence-electron chi connectivity index (χ2n) is 2.42. The van der Waals surface area contributed by atoms with Crippen LogP contribution in [0.25, 0.3) is 0 Å². The van der Waals surface area contributed by atoms with Crippen molar-refractivity contribution in [2.24, 2.45) is 5.92 Å². The van der Waals surface area contributed by atoms with Crippen LogP contribution in [0.15, 0.2) is 12.2 Å². The molecule has 0 aliphatic carbocycles. The Morgan fingerprint density at radius 2 is 2.11 bits per heavy atom. The van der Waals surface area contributed by atoms with Gasteiger partial charge in [-0.2, -0.15) is 0 Å². The summed E-state index contributed by atoms with van der Waals surface area (Å²) in [4.78, 5) is 0. The van der Waals surface area contributed by atoms with Crippen molar-refractivity contribution in [3.05, 3.63) is 12.2 Å². The van der Waals surface area contributed by atoms with Gasteiger partial charge in [-0.15, -0.1) is 0 Å². The third-order valence-corrected chi connectivity index (χ3v) is 1.16. The van der Waals surface area contributed by atoms with Crippen LogP contribution in [0.3, 0.4) is 0 Å². The molecule has 0 amide bonds. The van der Waals surface area contributed by atoms with Gasteiger partial charge >= 0.3 is 0 Å². The highest BCUT2D eigenvalue weighted by atomic mass is 14.4. The van der Waals surface area contributed by atoms with Gasteiger partial charge < -0.3 is 5.41 Å². The molecular formula is C8H15N. The highest BCUT2D eigenvalue weighted by Crippen LogP contribution is 1.95. The number of allylic oxidation sites excluding steroid dienone is 2. The fourth-order valence-electron chi connectivity index (χ4n) is 0.437. The third kappa shape index (κ3) is 3.95. The lowest BCUT2D eigenvalue weighted by Crippen LogP contribution is -2.00. The van der Waals surface area contributed by atoms with E-state index in [-0.39, 0.29) is 0 Å². The van der Waals surface area contributed by atoms with Crippen LogP contribution >= 0.6 is 0 Å². The van der Waals surface area contributed by atoms with E-state index < -0.39 is 0 Å². The van der Waals surface area contributed by atoms with Gasteiger partial charge in [0.25, 0.3) is 0 Å². The largest absolute Gasteiger partial charge is 0.305 e. The quantitative estimate of drug-likeness (QED) is 0.561. The molecule has 0 fully saturated rings. The Bertz CT molecular complexity index is 112. The maximum atomic E-state index is 7.36. The van der Waals surface area contributed by atoms with Crippen molar-refractivity contribution in [3.63, 3.8) is 0 Å². The normalized spacial score (nSPS) is 11.1. The zero-order valence-electron chi connectivity index (χ0n) is 6.44. The second-order valence-corrected chi connectivity index (χ2v) is 2.42. The molecule has 0 aliphatic rings. The van der Waals surface area contributed by atoms with Crippen molar-refractivity contribution in [3.8, 4) is 0 Å². The summed E-state index contributed by atoms with van der Waals surface area (Å²) in [5.74, 6) is 0.368. The van der Waals surface area contributed by atoms with E-state index in [1.54, 1.807) is 0 Å². The maximum absolute atomic E-state index is 7.36. The van der Waals surface area contributed by atoms with Gasteiger partial charge in [0.15, 0.2) is 0 Å². The molecule has 0 spiro atoms. The van der Waals surface area contributed by atoms with Crippen molar-refractivity contribution in [1.29, 1.82) is 5.41 Å². The van der Waals surface area contributed by atoms with Crippen molar-refractivity contribution in [2.45, 2.75) is 27.2 Å². The molecule has 0 bridgehead atoms. The summed E-state index contributed by atoms with van der Waals surface area (Å²) >= 11 is 0. The molecule has 0 aromatic heterocycles. The van der Waals surface area contributed by atoms with E-state index >= 15 is 0 Å². The summed E-state index contributed by atoms with van der Waals surface area (Å²) in [6, 6.07) is 0. The Morgan fingerprint density at radius 1 is 1.56 bits per heavy atom. The van der Waals surface area contributed by atoms with Crippen LogP contribution in [0.2, 0.25) is 0 Å². The number of hydrogen-bond acceptors (Lipinski definition) is 1. The first kappa shape index (κ1) is 8.41. The maximum Gasteiger partial charge on any atom is 0.0336 e. The van der Waals surface area contributed by atoms with Gasteiger partial charge in [-0.3, -0.25) is 0 Å². The summed E-state index contributed by atoms with van der Waals surface area (Å²) in [5, 5.41) is 7.36. The van der Waals surface area contributed by atoms with E-state index in [9.17, 15) is 0 Å². The van der Waals surface area contributed by atoms with Crippen molar-refractivity contribution in [1.82, 2.24) is 0 Å². The lowest BCUT2D eigenvalue weighted by Gasteiger charge is -1.98. The van der Waals surface area contributed by atoms with Gasteiger partial charge in [-0.25, -0.2) is 0 Å². The summed E-state index contributed by atoms with van der Waals surface area (Å²) in [6.07, 6.45) is 4.92. The van der Waals surface area contributed by atoms with Gasteiger partial charge in [-0.1, -0.05) is 26.8 Å². The fourth-order valence-corrected chi connectivity index (χ4v) is 0.437. The van der Waals surface area contributed by atoms with Crippen molar-refractivity contribution >= 4 is 5.71 Å². The van der Waals surface area contributed by atoms with E-state index in [0.29, 0.717) is 5.92 Å². The summed E-state index contributed by atoms with van der Waals surface area (Å²) in [5.41, 5.74) is 0.719. The van der Waals surface area contributed by atoms with E-state index in [1.807, 2.05) is 26.0 Å². The monoisotopic (exact) mass is 125 g/mol. The molecule has 0 atom stereocenters. The van der Waals surface area contributed by atoms with E-state index in [4.69, 9.17) is 5.41 Å². The van der Waals surface area contributed by atoms with Gasteiger partial charge in [0.2, 0.25) is 0 Å². The van der Waals surface area contributed by atoms with Crippen LogP contribution in [0.5, 0.6) is 0 Å². The van der Waals surface area contributed by atoms with Crippen molar-refractivity contribution in [2.75, 3.05) is 0 Å². The van der Waals surface area contributed by atoms with Crippen LogP contribution in [-0.4, -0.2) is 5.71 Å². The lowest BCUT2D eigenvalue weighted by molar-refractivity contribution is 0.881. The third-order valence-electron chi connectivity index (χ3n) is 1.16. The molecule has 0 radical (unpaired) electrons. The van der Waals surface area contributed by atoms with Crippen LogP contribution < -0.4 is 0 Å².